The van der Waals surface area contributed by atoms with E-state index < -0.39 is 11.8 Å². The van der Waals surface area contributed by atoms with Crippen LogP contribution in [-0.4, -0.2) is 65.5 Å². The Morgan fingerprint density at radius 2 is 2.19 bits per heavy atom. The zero-order valence-electron chi connectivity index (χ0n) is 15.7. The predicted octanol–water partition coefficient (Wildman–Crippen LogP) is 2.57. The maximum Gasteiger partial charge on any atom is 0.249 e. The van der Waals surface area contributed by atoms with Crippen molar-refractivity contribution in [2.24, 2.45) is 11.8 Å². The molecule has 1 aromatic heterocycles. The van der Waals surface area contributed by atoms with E-state index in [2.05, 4.69) is 23.0 Å². The van der Waals surface area contributed by atoms with Gasteiger partial charge >= 0.3 is 0 Å². The number of ether oxygens (including phenoxy) is 1. The van der Waals surface area contributed by atoms with Crippen molar-refractivity contribution in [3.05, 3.63) is 30.1 Å². The van der Waals surface area contributed by atoms with Crippen LogP contribution in [0, 0.1) is 11.8 Å². The summed E-state index contributed by atoms with van der Waals surface area (Å²) in [7, 11) is 2.11. The van der Waals surface area contributed by atoms with Crippen LogP contribution in [-0.2, 0) is 16.1 Å². The van der Waals surface area contributed by atoms with Gasteiger partial charge in [-0.2, -0.15) is 0 Å². The third-order valence-electron chi connectivity index (χ3n) is 6.09. The van der Waals surface area contributed by atoms with Crippen LogP contribution in [0.4, 0.5) is 8.78 Å². The number of rotatable bonds is 5. The van der Waals surface area contributed by atoms with Gasteiger partial charge in [-0.15, -0.1) is 0 Å². The van der Waals surface area contributed by atoms with Crippen molar-refractivity contribution in [1.82, 2.24) is 14.8 Å². The molecule has 1 atom stereocenters. The van der Waals surface area contributed by atoms with Gasteiger partial charge in [-0.05, 0) is 37.4 Å². The summed E-state index contributed by atoms with van der Waals surface area (Å²) >= 11 is 0. The summed E-state index contributed by atoms with van der Waals surface area (Å²) < 4.78 is 32.1. The molecule has 0 radical (unpaired) electrons. The Balaban J connectivity index is 1.18. The van der Waals surface area contributed by atoms with E-state index in [-0.39, 0.29) is 24.3 Å². The highest BCUT2D eigenvalue weighted by Crippen LogP contribution is 2.45. The molecule has 3 fully saturated rings. The van der Waals surface area contributed by atoms with Crippen LogP contribution in [0.3, 0.4) is 0 Å². The van der Waals surface area contributed by atoms with E-state index in [0.717, 1.165) is 25.9 Å². The van der Waals surface area contributed by atoms with Gasteiger partial charge in [0.1, 0.15) is 5.60 Å². The summed E-state index contributed by atoms with van der Waals surface area (Å²) in [5.74, 6) is -2.77. The number of likely N-dealkylation sites (tertiary alicyclic amines) is 1. The van der Waals surface area contributed by atoms with Gasteiger partial charge in [0.05, 0.1) is 19.7 Å². The van der Waals surface area contributed by atoms with Crippen molar-refractivity contribution in [2.75, 3.05) is 33.3 Å². The highest BCUT2D eigenvalue weighted by atomic mass is 19.3. The highest BCUT2D eigenvalue weighted by molar-refractivity contribution is 5.81. The number of hydrogen-bond donors (Lipinski definition) is 0. The molecule has 148 valence electrons. The average Bonchev–Trinajstić information content (AvgIpc) is 2.58. The first-order valence-corrected chi connectivity index (χ1v) is 9.72. The minimum atomic E-state index is -2.64. The molecule has 0 aromatic carbocycles. The fourth-order valence-electron chi connectivity index (χ4n) is 4.52. The van der Waals surface area contributed by atoms with Crippen molar-refractivity contribution in [1.29, 1.82) is 0 Å². The van der Waals surface area contributed by atoms with Crippen molar-refractivity contribution in [3.8, 4) is 0 Å². The molecule has 27 heavy (non-hydrogen) atoms. The average molecular weight is 379 g/mol. The smallest absolute Gasteiger partial charge is 0.249 e. The van der Waals surface area contributed by atoms with Crippen LogP contribution in [0.2, 0.25) is 0 Å². The monoisotopic (exact) mass is 379 g/mol. The number of carbonyl (C=O) groups excluding carboxylic acids is 1. The Bertz CT molecular complexity index is 661. The molecular formula is C20H27F2N3O2. The quantitative estimate of drug-likeness (QED) is 0.789. The third-order valence-corrected chi connectivity index (χ3v) is 6.09. The van der Waals surface area contributed by atoms with Crippen molar-refractivity contribution < 1.29 is 18.3 Å². The van der Waals surface area contributed by atoms with E-state index >= 15 is 0 Å². The lowest BCUT2D eigenvalue weighted by Crippen LogP contribution is -2.68. The maximum atomic E-state index is 13.0. The van der Waals surface area contributed by atoms with Crippen LogP contribution in [0.25, 0.3) is 0 Å². The number of carbonyl (C=O) groups is 1. The van der Waals surface area contributed by atoms with E-state index in [1.807, 2.05) is 12.3 Å². The summed E-state index contributed by atoms with van der Waals surface area (Å²) in [5, 5.41) is 0. The molecule has 7 heteroatoms. The molecule has 3 aliphatic rings. The maximum absolute atomic E-state index is 13.0. The van der Waals surface area contributed by atoms with Gasteiger partial charge in [0, 0.05) is 44.2 Å². The lowest BCUT2D eigenvalue weighted by atomic mass is 9.77. The zero-order chi connectivity index (χ0) is 19.1. The topological polar surface area (TPSA) is 45.7 Å². The molecule has 0 bridgehead atoms. The van der Waals surface area contributed by atoms with Gasteiger partial charge in [-0.1, -0.05) is 6.07 Å². The predicted molar refractivity (Wildman–Crippen MR) is 96.2 cm³/mol. The summed E-state index contributed by atoms with van der Waals surface area (Å²) in [6.45, 7) is 3.65. The number of hydrogen-bond acceptors (Lipinski definition) is 4. The number of aromatic nitrogens is 1. The van der Waals surface area contributed by atoms with Crippen LogP contribution in [0.1, 0.15) is 31.2 Å². The molecule has 2 aliphatic heterocycles. The number of alkyl halides is 2. The normalized spacial score (nSPS) is 26.7. The minimum absolute atomic E-state index is 0.117. The number of nitrogens with zero attached hydrogens (tertiary/aromatic N) is 3. The molecule has 1 spiro atoms. The second kappa shape index (κ2) is 7.09. The van der Waals surface area contributed by atoms with Gasteiger partial charge in [-0.25, -0.2) is 8.78 Å². The molecule has 4 rings (SSSR count). The summed E-state index contributed by atoms with van der Waals surface area (Å²) in [4.78, 5) is 20.4. The van der Waals surface area contributed by atoms with E-state index in [0.29, 0.717) is 25.6 Å². The summed E-state index contributed by atoms with van der Waals surface area (Å²) in [6.07, 6.45) is 5.09. The van der Waals surface area contributed by atoms with E-state index in [9.17, 15) is 13.6 Å². The number of amides is 1. The fraction of sp³-hybridized carbons (Fsp3) is 0.700. The molecule has 1 aliphatic carbocycles. The van der Waals surface area contributed by atoms with Gasteiger partial charge < -0.3 is 14.5 Å². The van der Waals surface area contributed by atoms with Crippen molar-refractivity contribution in [3.63, 3.8) is 0 Å². The largest absolute Gasteiger partial charge is 0.371 e. The lowest BCUT2D eigenvalue weighted by molar-refractivity contribution is -0.201. The number of halogens is 2. The van der Waals surface area contributed by atoms with E-state index in [4.69, 9.17) is 4.74 Å². The SMILES string of the molecule is CN(Cc1cccnc1)C[C@@H]1CCC2(CN(C(=O)C3CC(F)(F)C3)C2)OC1. The van der Waals surface area contributed by atoms with Gasteiger partial charge in [0.2, 0.25) is 11.8 Å². The van der Waals surface area contributed by atoms with Crippen LogP contribution in [0.15, 0.2) is 24.5 Å². The molecule has 5 nitrogen and oxygen atoms in total. The fourth-order valence-corrected chi connectivity index (χ4v) is 4.52. The summed E-state index contributed by atoms with van der Waals surface area (Å²) in [6, 6.07) is 4.03. The Kier molecular flexibility index (Phi) is 4.93. The minimum Gasteiger partial charge on any atom is -0.371 e. The van der Waals surface area contributed by atoms with Gasteiger partial charge in [-0.3, -0.25) is 9.78 Å². The van der Waals surface area contributed by atoms with E-state index in [1.54, 1.807) is 11.1 Å². The molecule has 3 heterocycles. The molecule has 2 saturated heterocycles. The second-order valence-electron chi connectivity index (χ2n) is 8.61. The van der Waals surface area contributed by atoms with Gasteiger partial charge in [0.15, 0.2) is 0 Å². The Morgan fingerprint density at radius 3 is 2.78 bits per heavy atom. The van der Waals surface area contributed by atoms with Crippen LogP contribution in [0.5, 0.6) is 0 Å². The first-order chi connectivity index (χ1) is 12.8. The second-order valence-corrected chi connectivity index (χ2v) is 8.61. The Hall–Kier alpha value is -1.60. The van der Waals surface area contributed by atoms with Gasteiger partial charge in [0.25, 0.3) is 0 Å². The standard InChI is InChI=1S/C20H27F2N3O2/c1-24(10-15-3-2-6-23-9-15)11-16-4-5-19(27-12-16)13-25(14-19)18(26)17-7-20(21,22)8-17/h2-3,6,9,16-17H,4-5,7-8,10-14H2,1H3/t16-/m0/s1. The first-order valence-electron chi connectivity index (χ1n) is 9.72. The molecular weight excluding hydrogens is 352 g/mol. The Morgan fingerprint density at radius 1 is 1.41 bits per heavy atom. The third kappa shape index (κ3) is 4.14. The number of pyridine rings is 1. The molecule has 0 unspecified atom stereocenters. The Labute approximate surface area is 158 Å². The zero-order valence-corrected chi connectivity index (χ0v) is 15.7. The van der Waals surface area contributed by atoms with E-state index in [1.165, 1.54) is 5.56 Å². The summed E-state index contributed by atoms with van der Waals surface area (Å²) in [5.41, 5.74) is 0.961. The molecule has 1 amide bonds. The highest BCUT2D eigenvalue weighted by Gasteiger charge is 2.54. The lowest BCUT2D eigenvalue weighted by Gasteiger charge is -2.54. The first kappa shape index (κ1) is 18.7. The molecule has 0 N–H and O–H groups in total. The van der Waals surface area contributed by atoms with Crippen molar-refractivity contribution in [2.45, 2.75) is 43.8 Å². The van der Waals surface area contributed by atoms with Crippen molar-refractivity contribution >= 4 is 5.91 Å². The van der Waals surface area contributed by atoms with Crippen LogP contribution < -0.4 is 0 Å². The molecule has 1 aromatic rings. The molecule has 1 saturated carbocycles. The van der Waals surface area contributed by atoms with Crippen LogP contribution >= 0.6 is 0 Å².